The smallest absolute Gasteiger partial charge is 0.178 e. The predicted octanol–water partition coefficient (Wildman–Crippen LogP) is 1.20. The quantitative estimate of drug-likeness (QED) is 0.670. The predicted molar refractivity (Wildman–Crippen MR) is 101 cm³/mol. The van der Waals surface area contributed by atoms with Crippen molar-refractivity contribution in [2.75, 3.05) is 37.6 Å². The fraction of sp³-hybridized carbons (Fsp3) is 0.611. The third-order valence-corrected chi connectivity index (χ3v) is 5.77. The number of nitrogens with zero attached hydrogens (tertiary/aromatic N) is 9. The van der Waals surface area contributed by atoms with E-state index in [1.54, 1.807) is 12.7 Å². The van der Waals surface area contributed by atoms with Crippen LogP contribution in [-0.2, 0) is 6.54 Å². The number of piperidine rings is 1. The monoisotopic (exact) mass is 367 g/mol. The van der Waals surface area contributed by atoms with Crippen molar-refractivity contribution in [3.63, 3.8) is 0 Å². The van der Waals surface area contributed by atoms with Gasteiger partial charge in [0.05, 0.1) is 6.54 Å². The standard InChI is InChI=1S/C18H25N9/c1-2-8-25(7-1)17-4-3-16-21-22-18(27(16)23-17)15-5-9-24(10-6-15)11-12-26-14-19-13-20-26/h3-4,13-15H,1-2,5-12H2. The molecular weight excluding hydrogens is 342 g/mol. The fourth-order valence-corrected chi connectivity index (χ4v) is 4.17. The number of likely N-dealkylation sites (tertiary alicyclic amines) is 1. The number of aromatic nitrogens is 7. The van der Waals surface area contributed by atoms with E-state index in [0.29, 0.717) is 5.92 Å². The summed E-state index contributed by atoms with van der Waals surface area (Å²) in [4.78, 5) is 8.85. The maximum Gasteiger partial charge on any atom is 0.178 e. The van der Waals surface area contributed by atoms with Crippen molar-refractivity contribution < 1.29 is 0 Å². The van der Waals surface area contributed by atoms with Crippen molar-refractivity contribution in [3.8, 4) is 0 Å². The fourth-order valence-electron chi connectivity index (χ4n) is 4.17. The second-order valence-electron chi connectivity index (χ2n) is 7.49. The minimum atomic E-state index is 0.420. The molecule has 0 bridgehead atoms. The van der Waals surface area contributed by atoms with Crippen molar-refractivity contribution in [2.24, 2.45) is 0 Å². The van der Waals surface area contributed by atoms with Crippen LogP contribution in [0, 0.1) is 0 Å². The van der Waals surface area contributed by atoms with Gasteiger partial charge in [-0.2, -0.15) is 9.61 Å². The Morgan fingerprint density at radius 2 is 1.81 bits per heavy atom. The van der Waals surface area contributed by atoms with E-state index in [1.807, 2.05) is 15.3 Å². The van der Waals surface area contributed by atoms with Gasteiger partial charge in [-0.05, 0) is 50.9 Å². The highest BCUT2D eigenvalue weighted by Crippen LogP contribution is 2.27. The van der Waals surface area contributed by atoms with Gasteiger partial charge in [-0.15, -0.1) is 15.3 Å². The van der Waals surface area contributed by atoms with Crippen LogP contribution in [0.2, 0.25) is 0 Å². The first-order chi connectivity index (χ1) is 13.4. The minimum absolute atomic E-state index is 0.420. The van der Waals surface area contributed by atoms with Gasteiger partial charge in [0, 0.05) is 25.6 Å². The molecule has 2 aliphatic rings. The average molecular weight is 367 g/mol. The lowest BCUT2D eigenvalue weighted by molar-refractivity contribution is 0.199. The lowest BCUT2D eigenvalue weighted by Gasteiger charge is -2.30. The largest absolute Gasteiger partial charge is 0.355 e. The van der Waals surface area contributed by atoms with Gasteiger partial charge >= 0.3 is 0 Å². The van der Waals surface area contributed by atoms with E-state index < -0.39 is 0 Å². The molecule has 0 aliphatic carbocycles. The maximum atomic E-state index is 4.87. The average Bonchev–Trinajstić information content (AvgIpc) is 3.48. The summed E-state index contributed by atoms with van der Waals surface area (Å²) in [5.41, 5.74) is 0.849. The number of fused-ring (bicyclic) bond motifs is 1. The molecule has 5 rings (SSSR count). The van der Waals surface area contributed by atoms with Crippen LogP contribution in [0.4, 0.5) is 5.82 Å². The van der Waals surface area contributed by atoms with Crippen LogP contribution in [0.3, 0.4) is 0 Å². The van der Waals surface area contributed by atoms with E-state index in [-0.39, 0.29) is 0 Å². The zero-order valence-corrected chi connectivity index (χ0v) is 15.5. The van der Waals surface area contributed by atoms with Gasteiger partial charge in [-0.1, -0.05) is 0 Å². The molecule has 0 aromatic carbocycles. The van der Waals surface area contributed by atoms with Gasteiger partial charge in [0.15, 0.2) is 11.5 Å². The van der Waals surface area contributed by atoms with Gasteiger partial charge < -0.3 is 9.80 Å². The van der Waals surface area contributed by atoms with E-state index in [4.69, 9.17) is 5.10 Å². The zero-order valence-electron chi connectivity index (χ0n) is 15.5. The molecule has 27 heavy (non-hydrogen) atoms. The first-order valence-electron chi connectivity index (χ1n) is 9.89. The number of rotatable bonds is 5. The first-order valence-corrected chi connectivity index (χ1v) is 9.89. The molecule has 0 atom stereocenters. The molecule has 9 nitrogen and oxygen atoms in total. The summed E-state index contributed by atoms with van der Waals surface area (Å²) in [7, 11) is 0. The molecule has 9 heteroatoms. The Kier molecular flexibility index (Phi) is 4.44. The first kappa shape index (κ1) is 16.6. The van der Waals surface area contributed by atoms with Gasteiger partial charge in [0.25, 0.3) is 0 Å². The molecule has 0 radical (unpaired) electrons. The molecule has 2 fully saturated rings. The molecular formula is C18H25N9. The van der Waals surface area contributed by atoms with Crippen LogP contribution < -0.4 is 4.90 Å². The second-order valence-corrected chi connectivity index (χ2v) is 7.49. The van der Waals surface area contributed by atoms with Gasteiger partial charge in [0.2, 0.25) is 0 Å². The van der Waals surface area contributed by atoms with Crippen molar-refractivity contribution in [2.45, 2.75) is 38.1 Å². The SMILES string of the molecule is c1ncn(CCN2CCC(c3nnc4ccc(N5CCCC5)nn34)CC2)n1. The van der Waals surface area contributed by atoms with Crippen LogP contribution in [0.15, 0.2) is 24.8 Å². The third-order valence-electron chi connectivity index (χ3n) is 5.77. The van der Waals surface area contributed by atoms with E-state index >= 15 is 0 Å². The normalized spacial score (nSPS) is 19.3. The molecule has 2 saturated heterocycles. The Balaban J connectivity index is 1.26. The van der Waals surface area contributed by atoms with E-state index in [2.05, 4.69) is 36.1 Å². The Morgan fingerprint density at radius 1 is 0.963 bits per heavy atom. The summed E-state index contributed by atoms with van der Waals surface area (Å²) in [6.07, 6.45) is 8.05. The highest BCUT2D eigenvalue weighted by molar-refractivity contribution is 5.46. The number of anilines is 1. The molecule has 142 valence electrons. The maximum absolute atomic E-state index is 4.87. The van der Waals surface area contributed by atoms with Crippen molar-refractivity contribution >= 4 is 11.5 Å². The van der Waals surface area contributed by atoms with E-state index in [9.17, 15) is 0 Å². The molecule has 2 aliphatic heterocycles. The van der Waals surface area contributed by atoms with Crippen molar-refractivity contribution in [1.82, 2.24) is 39.5 Å². The molecule has 5 heterocycles. The van der Waals surface area contributed by atoms with Crippen LogP contribution in [0.1, 0.15) is 37.4 Å². The Hall–Kier alpha value is -2.55. The van der Waals surface area contributed by atoms with Crippen LogP contribution in [0.5, 0.6) is 0 Å². The summed E-state index contributed by atoms with van der Waals surface area (Å²) in [6.45, 7) is 6.23. The minimum Gasteiger partial charge on any atom is -0.355 e. The Morgan fingerprint density at radius 3 is 2.59 bits per heavy atom. The van der Waals surface area contributed by atoms with Crippen molar-refractivity contribution in [1.29, 1.82) is 0 Å². The number of hydrogen-bond acceptors (Lipinski definition) is 7. The highest BCUT2D eigenvalue weighted by Gasteiger charge is 2.25. The summed E-state index contributed by atoms with van der Waals surface area (Å²) >= 11 is 0. The van der Waals surface area contributed by atoms with Crippen LogP contribution in [0.25, 0.3) is 5.65 Å². The zero-order chi connectivity index (χ0) is 18.1. The Labute approximate surface area is 158 Å². The lowest BCUT2D eigenvalue weighted by Crippen LogP contribution is -2.35. The summed E-state index contributed by atoms with van der Waals surface area (Å²) in [6, 6.07) is 4.12. The highest BCUT2D eigenvalue weighted by atomic mass is 15.4. The number of hydrogen-bond donors (Lipinski definition) is 0. The van der Waals surface area contributed by atoms with Crippen LogP contribution in [-0.4, -0.2) is 72.2 Å². The van der Waals surface area contributed by atoms with Crippen LogP contribution >= 0.6 is 0 Å². The third kappa shape index (κ3) is 3.39. The molecule has 0 saturated carbocycles. The Bertz CT molecular complexity index is 874. The molecule has 3 aromatic rings. The second kappa shape index (κ2) is 7.22. The molecule has 3 aromatic heterocycles. The van der Waals surface area contributed by atoms with Gasteiger partial charge in [0.1, 0.15) is 18.5 Å². The molecule has 0 N–H and O–H groups in total. The molecule has 0 amide bonds. The van der Waals surface area contributed by atoms with E-state index in [1.165, 1.54) is 12.8 Å². The summed E-state index contributed by atoms with van der Waals surface area (Å²) in [5.74, 6) is 2.48. The van der Waals surface area contributed by atoms with Gasteiger partial charge in [-0.25, -0.2) is 4.98 Å². The molecule has 0 spiro atoms. The summed E-state index contributed by atoms with van der Waals surface area (Å²) in [5, 5.41) is 17.9. The van der Waals surface area contributed by atoms with Crippen molar-refractivity contribution in [3.05, 3.63) is 30.6 Å². The lowest BCUT2D eigenvalue weighted by atomic mass is 9.96. The summed E-state index contributed by atoms with van der Waals surface area (Å²) < 4.78 is 3.87. The van der Waals surface area contributed by atoms with E-state index in [0.717, 1.165) is 69.4 Å². The van der Waals surface area contributed by atoms with Gasteiger partial charge in [-0.3, -0.25) is 4.68 Å². The molecule has 0 unspecified atom stereocenters. The topological polar surface area (TPSA) is 80.3 Å².